The van der Waals surface area contributed by atoms with Crippen molar-refractivity contribution in [2.45, 2.75) is 24.9 Å². The van der Waals surface area contributed by atoms with Crippen molar-refractivity contribution in [1.29, 1.82) is 0 Å². The summed E-state index contributed by atoms with van der Waals surface area (Å²) in [5.41, 5.74) is 3.01. The molecule has 1 aromatic rings. The Kier molecular flexibility index (Phi) is 3.20. The highest BCUT2D eigenvalue weighted by molar-refractivity contribution is 7.98. The molecule has 0 amide bonds. The first-order valence-electron chi connectivity index (χ1n) is 5.29. The molecule has 6 heteroatoms. The van der Waals surface area contributed by atoms with Gasteiger partial charge in [-0.1, -0.05) is 18.7 Å². The van der Waals surface area contributed by atoms with Crippen LogP contribution in [0.15, 0.2) is 11.2 Å². The third kappa shape index (κ3) is 2.76. The molecular formula is C10H17N5S. The van der Waals surface area contributed by atoms with Crippen LogP contribution in [0.2, 0.25) is 0 Å². The van der Waals surface area contributed by atoms with Gasteiger partial charge in [0.15, 0.2) is 5.16 Å². The minimum Gasteiger partial charge on any atom is -0.369 e. The molecule has 4 N–H and O–H groups in total. The summed E-state index contributed by atoms with van der Waals surface area (Å²) in [6.45, 7) is 3.24. The van der Waals surface area contributed by atoms with Crippen molar-refractivity contribution in [2.24, 2.45) is 11.3 Å². The Balaban J connectivity index is 2.06. The number of aromatic nitrogens is 2. The fourth-order valence-corrected chi connectivity index (χ4v) is 1.75. The summed E-state index contributed by atoms with van der Waals surface area (Å²) in [5, 5.41) is 4.06. The van der Waals surface area contributed by atoms with Gasteiger partial charge in [-0.25, -0.2) is 15.8 Å². The van der Waals surface area contributed by atoms with Crippen molar-refractivity contribution in [3.05, 3.63) is 6.07 Å². The van der Waals surface area contributed by atoms with Crippen molar-refractivity contribution in [3.8, 4) is 0 Å². The molecule has 1 fully saturated rings. The highest BCUT2D eigenvalue weighted by Gasteiger charge is 2.36. The van der Waals surface area contributed by atoms with E-state index in [0.29, 0.717) is 11.2 Å². The third-order valence-corrected chi connectivity index (χ3v) is 3.38. The number of nitrogens with one attached hydrogen (secondary N) is 2. The van der Waals surface area contributed by atoms with E-state index in [4.69, 9.17) is 5.84 Å². The van der Waals surface area contributed by atoms with Crippen LogP contribution in [0.5, 0.6) is 0 Å². The molecule has 0 aliphatic heterocycles. The smallest absolute Gasteiger partial charge is 0.191 e. The summed E-state index contributed by atoms with van der Waals surface area (Å²) in [6.07, 6.45) is 4.53. The fourth-order valence-electron chi connectivity index (χ4n) is 1.38. The second-order valence-corrected chi connectivity index (χ2v) is 5.21. The number of nitrogen functional groups attached to an aromatic ring is 1. The molecule has 5 nitrogen and oxygen atoms in total. The van der Waals surface area contributed by atoms with E-state index in [1.54, 1.807) is 0 Å². The maximum absolute atomic E-state index is 5.36. The van der Waals surface area contributed by atoms with Gasteiger partial charge in [0.05, 0.1) is 0 Å². The van der Waals surface area contributed by atoms with Crippen LogP contribution in [-0.2, 0) is 0 Å². The largest absolute Gasteiger partial charge is 0.369 e. The molecule has 88 valence electrons. The van der Waals surface area contributed by atoms with E-state index in [9.17, 15) is 0 Å². The number of nitrogens with two attached hydrogens (primary N) is 1. The molecule has 1 saturated carbocycles. The predicted molar refractivity (Wildman–Crippen MR) is 67.5 cm³/mol. The van der Waals surface area contributed by atoms with E-state index in [0.717, 1.165) is 17.5 Å². The van der Waals surface area contributed by atoms with Crippen LogP contribution in [0.4, 0.5) is 11.6 Å². The van der Waals surface area contributed by atoms with Crippen LogP contribution in [0.1, 0.15) is 19.8 Å². The summed E-state index contributed by atoms with van der Waals surface area (Å²) < 4.78 is 0. The number of nitrogens with zero attached hydrogens (tertiary/aromatic N) is 2. The van der Waals surface area contributed by atoms with Crippen LogP contribution in [0, 0.1) is 5.41 Å². The molecule has 0 radical (unpaired) electrons. The van der Waals surface area contributed by atoms with Crippen LogP contribution >= 0.6 is 11.8 Å². The fraction of sp³-hybridized carbons (Fsp3) is 0.600. The number of rotatable bonds is 5. The second kappa shape index (κ2) is 4.47. The molecular weight excluding hydrogens is 222 g/mol. The Morgan fingerprint density at radius 1 is 1.44 bits per heavy atom. The van der Waals surface area contributed by atoms with Crippen LogP contribution in [0.25, 0.3) is 0 Å². The van der Waals surface area contributed by atoms with E-state index in [1.165, 1.54) is 24.6 Å². The number of hydrogen-bond donors (Lipinski definition) is 3. The minimum atomic E-state index is 0.459. The maximum Gasteiger partial charge on any atom is 0.191 e. The molecule has 0 bridgehead atoms. The predicted octanol–water partition coefficient (Wildman–Crippen LogP) is 1.70. The monoisotopic (exact) mass is 239 g/mol. The van der Waals surface area contributed by atoms with E-state index in [2.05, 4.69) is 27.6 Å². The summed E-state index contributed by atoms with van der Waals surface area (Å²) in [6, 6.07) is 1.82. The van der Waals surface area contributed by atoms with Gasteiger partial charge < -0.3 is 10.7 Å². The van der Waals surface area contributed by atoms with Gasteiger partial charge in [0, 0.05) is 12.6 Å². The van der Waals surface area contributed by atoms with Crippen molar-refractivity contribution >= 4 is 23.4 Å². The molecule has 1 aliphatic rings. The normalized spacial score (nSPS) is 16.9. The number of anilines is 2. The average molecular weight is 239 g/mol. The molecule has 1 heterocycles. The first-order chi connectivity index (χ1) is 7.65. The van der Waals surface area contributed by atoms with Crippen molar-refractivity contribution in [3.63, 3.8) is 0 Å². The standard InChI is InChI=1S/C10H17N5S/c1-10(3-4-10)6-12-7-5-8(15-11)14-9(13-7)16-2/h5H,3-4,6,11H2,1-2H3,(H2,12,13,14,15). The van der Waals surface area contributed by atoms with Gasteiger partial charge in [-0.3, -0.25) is 0 Å². The molecule has 2 rings (SSSR count). The van der Waals surface area contributed by atoms with Crippen LogP contribution in [-0.4, -0.2) is 22.8 Å². The molecule has 0 unspecified atom stereocenters. The van der Waals surface area contributed by atoms with Gasteiger partial charge in [0.25, 0.3) is 0 Å². The molecule has 0 spiro atoms. The highest BCUT2D eigenvalue weighted by Crippen LogP contribution is 2.44. The summed E-state index contributed by atoms with van der Waals surface area (Å²) >= 11 is 1.50. The maximum atomic E-state index is 5.36. The Hall–Kier alpha value is -1.01. The van der Waals surface area contributed by atoms with Crippen molar-refractivity contribution < 1.29 is 0 Å². The van der Waals surface area contributed by atoms with Crippen LogP contribution < -0.4 is 16.6 Å². The van der Waals surface area contributed by atoms with Gasteiger partial charge in [-0.05, 0) is 24.5 Å². The SMILES string of the molecule is CSc1nc(NN)cc(NCC2(C)CC2)n1. The number of thioether (sulfide) groups is 1. The number of hydrogen-bond acceptors (Lipinski definition) is 6. The van der Waals surface area contributed by atoms with Gasteiger partial charge in [0.2, 0.25) is 0 Å². The topological polar surface area (TPSA) is 75.9 Å². The third-order valence-electron chi connectivity index (χ3n) is 2.84. The lowest BCUT2D eigenvalue weighted by Crippen LogP contribution is -2.15. The average Bonchev–Trinajstić information content (AvgIpc) is 3.05. The highest BCUT2D eigenvalue weighted by atomic mass is 32.2. The minimum absolute atomic E-state index is 0.459. The lowest BCUT2D eigenvalue weighted by molar-refractivity contribution is 0.608. The first kappa shape index (κ1) is 11.5. The lowest BCUT2D eigenvalue weighted by atomic mass is 10.1. The summed E-state index contributed by atoms with van der Waals surface area (Å²) in [4.78, 5) is 8.58. The second-order valence-electron chi connectivity index (χ2n) is 4.43. The van der Waals surface area contributed by atoms with E-state index >= 15 is 0 Å². The zero-order valence-electron chi connectivity index (χ0n) is 9.58. The van der Waals surface area contributed by atoms with Gasteiger partial charge in [0.1, 0.15) is 11.6 Å². The Morgan fingerprint density at radius 3 is 2.69 bits per heavy atom. The molecule has 0 aromatic carbocycles. The van der Waals surface area contributed by atoms with Gasteiger partial charge in [-0.15, -0.1) is 0 Å². The quantitative estimate of drug-likeness (QED) is 0.314. The Bertz CT molecular complexity index is 355. The van der Waals surface area contributed by atoms with Crippen molar-refractivity contribution in [2.75, 3.05) is 23.5 Å². The molecule has 1 aromatic heterocycles. The Labute approximate surface area is 99.6 Å². The van der Waals surface area contributed by atoms with Crippen LogP contribution in [0.3, 0.4) is 0 Å². The number of hydrazine groups is 1. The van der Waals surface area contributed by atoms with Gasteiger partial charge in [-0.2, -0.15) is 0 Å². The van der Waals surface area contributed by atoms with E-state index < -0.39 is 0 Å². The molecule has 0 saturated heterocycles. The molecule has 1 aliphatic carbocycles. The zero-order valence-corrected chi connectivity index (χ0v) is 10.4. The summed E-state index contributed by atoms with van der Waals surface area (Å²) in [5.74, 6) is 6.83. The first-order valence-corrected chi connectivity index (χ1v) is 6.51. The zero-order chi connectivity index (χ0) is 11.6. The lowest BCUT2D eigenvalue weighted by Gasteiger charge is -2.12. The summed E-state index contributed by atoms with van der Waals surface area (Å²) in [7, 11) is 0. The van der Waals surface area contributed by atoms with Crippen molar-refractivity contribution in [1.82, 2.24) is 9.97 Å². The Morgan fingerprint density at radius 2 is 2.12 bits per heavy atom. The van der Waals surface area contributed by atoms with Gasteiger partial charge >= 0.3 is 0 Å². The van der Waals surface area contributed by atoms with E-state index in [1.807, 2.05) is 12.3 Å². The molecule has 16 heavy (non-hydrogen) atoms. The molecule has 0 atom stereocenters. The van der Waals surface area contributed by atoms with E-state index in [-0.39, 0.29) is 0 Å².